The van der Waals surface area contributed by atoms with Crippen LogP contribution in [0.1, 0.15) is 63.1 Å². The van der Waals surface area contributed by atoms with Crippen LogP contribution in [0.15, 0.2) is 9.70 Å². The SMILES string of the molecule is CCn1c(N2CCCCCC2)c(C=C2SC(=S)N(CC(C)C)C2=O)c(C)c(C#N)c1=O. The van der Waals surface area contributed by atoms with E-state index < -0.39 is 0 Å². The first-order valence-corrected chi connectivity index (χ1v) is 12.2. The summed E-state index contributed by atoms with van der Waals surface area (Å²) in [6, 6.07) is 2.09. The summed E-state index contributed by atoms with van der Waals surface area (Å²) >= 11 is 6.76. The largest absolute Gasteiger partial charge is 0.357 e. The molecule has 0 N–H and O–H groups in total. The molecule has 0 aliphatic carbocycles. The second kappa shape index (κ2) is 10.0. The highest BCUT2D eigenvalue weighted by atomic mass is 32.2. The average molecular weight is 459 g/mol. The monoisotopic (exact) mass is 458 g/mol. The second-order valence-corrected chi connectivity index (χ2v) is 10.2. The summed E-state index contributed by atoms with van der Waals surface area (Å²) in [6.07, 6.45) is 6.32. The predicted octanol–water partition coefficient (Wildman–Crippen LogP) is 4.29. The van der Waals surface area contributed by atoms with Gasteiger partial charge in [-0.25, -0.2) is 0 Å². The van der Waals surface area contributed by atoms with E-state index in [2.05, 4.69) is 24.8 Å². The van der Waals surface area contributed by atoms with Gasteiger partial charge in [-0.1, -0.05) is 50.7 Å². The minimum atomic E-state index is -0.258. The molecule has 6 nitrogen and oxygen atoms in total. The molecule has 0 radical (unpaired) electrons. The summed E-state index contributed by atoms with van der Waals surface area (Å²) in [5, 5.41) is 9.69. The number of nitrogens with zero attached hydrogens (tertiary/aromatic N) is 4. The minimum Gasteiger partial charge on any atom is -0.357 e. The van der Waals surface area contributed by atoms with Crippen molar-refractivity contribution < 1.29 is 4.79 Å². The summed E-state index contributed by atoms with van der Waals surface area (Å²) in [5.74, 6) is 1.03. The molecular formula is C23H30N4O2S2. The Kier molecular flexibility index (Phi) is 7.60. The minimum absolute atomic E-state index is 0.0994. The van der Waals surface area contributed by atoms with E-state index in [0.717, 1.165) is 37.3 Å². The first-order valence-electron chi connectivity index (χ1n) is 11.0. The van der Waals surface area contributed by atoms with Gasteiger partial charge in [0, 0.05) is 31.7 Å². The molecule has 3 heterocycles. The van der Waals surface area contributed by atoms with Crippen molar-refractivity contribution in [3.63, 3.8) is 0 Å². The molecule has 8 heteroatoms. The molecule has 1 amide bonds. The lowest BCUT2D eigenvalue weighted by Gasteiger charge is -2.29. The highest BCUT2D eigenvalue weighted by Crippen LogP contribution is 2.36. The fourth-order valence-electron chi connectivity index (χ4n) is 4.21. The summed E-state index contributed by atoms with van der Waals surface area (Å²) in [6.45, 7) is 10.6. The highest BCUT2D eigenvalue weighted by molar-refractivity contribution is 8.26. The van der Waals surface area contributed by atoms with Gasteiger partial charge in [-0.05, 0) is 44.2 Å². The van der Waals surface area contributed by atoms with Crippen LogP contribution in [0.25, 0.3) is 6.08 Å². The van der Waals surface area contributed by atoms with E-state index >= 15 is 0 Å². The van der Waals surface area contributed by atoms with Gasteiger partial charge in [0.1, 0.15) is 21.8 Å². The Balaban J connectivity index is 2.20. The Bertz CT molecular complexity index is 1010. The van der Waals surface area contributed by atoms with Crippen LogP contribution in [0.3, 0.4) is 0 Å². The van der Waals surface area contributed by atoms with Gasteiger partial charge in [-0.3, -0.25) is 19.1 Å². The molecule has 0 unspecified atom stereocenters. The lowest BCUT2D eigenvalue weighted by molar-refractivity contribution is -0.122. The van der Waals surface area contributed by atoms with Crippen molar-refractivity contribution in [2.24, 2.45) is 5.92 Å². The molecule has 31 heavy (non-hydrogen) atoms. The van der Waals surface area contributed by atoms with Crippen LogP contribution in [-0.4, -0.2) is 39.3 Å². The van der Waals surface area contributed by atoms with Crippen LogP contribution in [0.5, 0.6) is 0 Å². The first kappa shape index (κ1) is 23.6. The molecule has 1 aromatic heterocycles. The van der Waals surface area contributed by atoms with E-state index in [9.17, 15) is 14.9 Å². The number of hydrogen-bond acceptors (Lipinski definition) is 6. The van der Waals surface area contributed by atoms with Crippen LogP contribution in [0.4, 0.5) is 5.82 Å². The van der Waals surface area contributed by atoms with Crippen molar-refractivity contribution in [1.29, 1.82) is 5.26 Å². The normalized spacial score (nSPS) is 18.8. The lowest BCUT2D eigenvalue weighted by atomic mass is 10.0. The van der Waals surface area contributed by atoms with E-state index in [0.29, 0.717) is 33.8 Å². The molecule has 2 aliphatic heterocycles. The summed E-state index contributed by atoms with van der Waals surface area (Å²) in [4.78, 5) is 30.6. The Hall–Kier alpha value is -2.11. The summed E-state index contributed by atoms with van der Waals surface area (Å²) in [7, 11) is 0. The molecule has 0 aromatic carbocycles. The standard InChI is InChI=1S/C23H30N4O2S2/c1-5-26-20(25-10-8-6-7-9-11-25)17(16(4)18(13-24)21(26)28)12-19-22(29)27(14-15(2)3)23(30)31-19/h12,15H,5-11,14H2,1-4H3. The number of carbonyl (C=O) groups is 1. The number of thioether (sulfide) groups is 1. The van der Waals surface area contributed by atoms with Crippen LogP contribution in [0.2, 0.25) is 0 Å². The zero-order valence-electron chi connectivity index (χ0n) is 18.7. The molecule has 0 bridgehead atoms. The molecule has 0 saturated carbocycles. The van der Waals surface area contributed by atoms with E-state index in [1.165, 1.54) is 24.6 Å². The fourth-order valence-corrected chi connectivity index (χ4v) is 5.47. The van der Waals surface area contributed by atoms with E-state index in [1.54, 1.807) is 9.47 Å². The number of carbonyl (C=O) groups excluding carboxylic acids is 1. The number of amides is 1. The Morgan fingerprint density at radius 1 is 1.19 bits per heavy atom. The van der Waals surface area contributed by atoms with Crippen molar-refractivity contribution in [1.82, 2.24) is 9.47 Å². The van der Waals surface area contributed by atoms with Gasteiger partial charge in [0.05, 0.1) is 4.91 Å². The number of pyridine rings is 1. The molecule has 0 atom stereocenters. The third kappa shape index (κ3) is 4.73. The topological polar surface area (TPSA) is 69.3 Å². The number of hydrogen-bond donors (Lipinski definition) is 0. The van der Waals surface area contributed by atoms with Gasteiger partial charge < -0.3 is 4.90 Å². The third-order valence-electron chi connectivity index (χ3n) is 5.76. The van der Waals surface area contributed by atoms with E-state index in [-0.39, 0.29) is 17.0 Å². The molecule has 0 spiro atoms. The maximum absolute atomic E-state index is 13.1. The average Bonchev–Trinajstić information content (AvgIpc) is 2.92. The van der Waals surface area contributed by atoms with Gasteiger partial charge in [-0.15, -0.1) is 0 Å². The third-order valence-corrected chi connectivity index (χ3v) is 7.14. The molecule has 2 saturated heterocycles. The second-order valence-electron chi connectivity index (χ2n) is 8.49. The van der Waals surface area contributed by atoms with Gasteiger partial charge in [0.2, 0.25) is 0 Å². The van der Waals surface area contributed by atoms with Gasteiger partial charge in [0.25, 0.3) is 11.5 Å². The van der Waals surface area contributed by atoms with E-state index in [4.69, 9.17) is 12.2 Å². The van der Waals surface area contributed by atoms with Crippen LogP contribution >= 0.6 is 24.0 Å². The fraction of sp³-hybridized carbons (Fsp3) is 0.565. The van der Waals surface area contributed by atoms with Crippen LogP contribution in [-0.2, 0) is 11.3 Å². The van der Waals surface area contributed by atoms with Crippen LogP contribution < -0.4 is 10.5 Å². The zero-order chi connectivity index (χ0) is 22.7. The van der Waals surface area contributed by atoms with E-state index in [1.807, 2.05) is 19.9 Å². The Morgan fingerprint density at radius 2 is 1.84 bits per heavy atom. The van der Waals surface area contributed by atoms with Gasteiger partial charge in [0.15, 0.2) is 0 Å². The number of aromatic nitrogens is 1. The number of thiocarbonyl (C=S) groups is 1. The predicted molar refractivity (Wildman–Crippen MR) is 131 cm³/mol. The summed E-state index contributed by atoms with van der Waals surface area (Å²) < 4.78 is 2.25. The van der Waals surface area contributed by atoms with Crippen molar-refractivity contribution in [2.45, 2.75) is 59.9 Å². The molecule has 2 aliphatic rings. The van der Waals surface area contributed by atoms with Gasteiger partial charge >= 0.3 is 0 Å². The zero-order valence-corrected chi connectivity index (χ0v) is 20.4. The first-order chi connectivity index (χ1) is 14.8. The van der Waals surface area contributed by atoms with Gasteiger partial charge in [-0.2, -0.15) is 5.26 Å². The maximum Gasteiger partial charge on any atom is 0.270 e. The smallest absolute Gasteiger partial charge is 0.270 e. The molecule has 1 aromatic rings. The van der Waals surface area contributed by atoms with Crippen molar-refractivity contribution in [3.05, 3.63) is 31.9 Å². The van der Waals surface area contributed by atoms with Crippen molar-refractivity contribution in [3.8, 4) is 6.07 Å². The molecule has 2 fully saturated rings. The van der Waals surface area contributed by atoms with Crippen LogP contribution in [0, 0.1) is 24.2 Å². The summed E-state index contributed by atoms with van der Waals surface area (Å²) in [5.41, 5.74) is 1.30. The highest BCUT2D eigenvalue weighted by Gasteiger charge is 2.33. The van der Waals surface area contributed by atoms with Crippen molar-refractivity contribution in [2.75, 3.05) is 24.5 Å². The molecule has 3 rings (SSSR count). The van der Waals surface area contributed by atoms with Crippen molar-refractivity contribution >= 4 is 46.1 Å². The number of rotatable bonds is 5. The Labute approximate surface area is 193 Å². The number of nitriles is 1. The Morgan fingerprint density at radius 3 is 2.39 bits per heavy atom. The quantitative estimate of drug-likeness (QED) is 0.484. The number of anilines is 1. The molecule has 166 valence electrons. The maximum atomic E-state index is 13.1. The lowest BCUT2D eigenvalue weighted by Crippen LogP contribution is -2.35. The molecular weight excluding hydrogens is 428 g/mol.